The predicted molar refractivity (Wildman–Crippen MR) is 165 cm³/mol. The first kappa shape index (κ1) is 33.0. The highest BCUT2D eigenvalue weighted by molar-refractivity contribution is 6.58. The number of allylic oxidation sites excluding steroid dienone is 2. The van der Waals surface area contributed by atoms with Gasteiger partial charge in [-0.1, -0.05) is 35.9 Å². The Hall–Kier alpha value is -4.49. The van der Waals surface area contributed by atoms with Gasteiger partial charge in [-0.2, -0.15) is 0 Å². The lowest BCUT2D eigenvalue weighted by atomic mass is 9.56. The number of phenols is 1. The third kappa shape index (κ3) is 4.27. The summed E-state index contributed by atoms with van der Waals surface area (Å²) in [4.78, 5) is 51.9. The van der Waals surface area contributed by atoms with Crippen LogP contribution in [0.25, 0.3) is 0 Å². The summed E-state index contributed by atoms with van der Waals surface area (Å²) < 4.78 is 78.8. The van der Waals surface area contributed by atoms with Gasteiger partial charge in [-0.25, -0.2) is 26.9 Å². The van der Waals surface area contributed by atoms with Gasteiger partial charge >= 0.3 is 0 Å². The molecular weight excluding hydrogens is 698 g/mol. The molecule has 2 aliphatic carbocycles. The number of benzene rings is 3. The van der Waals surface area contributed by atoms with E-state index in [4.69, 9.17) is 27.9 Å². The van der Waals surface area contributed by atoms with Crippen LogP contribution >= 0.6 is 23.2 Å². The molecule has 2 saturated heterocycles. The molecule has 0 bridgehead atoms. The minimum Gasteiger partial charge on any atom is -0.504 e. The minimum absolute atomic E-state index is 0.0109. The van der Waals surface area contributed by atoms with Gasteiger partial charge in [-0.15, -0.1) is 23.2 Å². The molecular formula is C34H23Cl2F5N2O6. The summed E-state index contributed by atoms with van der Waals surface area (Å²) in [6.07, 6.45) is 0.946. The fraction of sp³-hybridized carbons (Fsp3) is 0.294. The quantitative estimate of drug-likeness (QED) is 0.0835. The molecule has 3 aromatic carbocycles. The van der Waals surface area contributed by atoms with Crippen LogP contribution in [0.5, 0.6) is 11.5 Å². The molecule has 0 aromatic heterocycles. The van der Waals surface area contributed by atoms with E-state index in [9.17, 15) is 37.5 Å². The first-order chi connectivity index (χ1) is 23.2. The van der Waals surface area contributed by atoms with E-state index in [2.05, 4.69) is 0 Å². The molecule has 3 fully saturated rings. The van der Waals surface area contributed by atoms with E-state index in [0.29, 0.717) is 0 Å². The maximum atomic E-state index is 15.2. The Morgan fingerprint density at radius 2 is 1.47 bits per heavy atom. The van der Waals surface area contributed by atoms with Crippen molar-refractivity contribution in [2.24, 2.45) is 17.8 Å². The average Bonchev–Trinajstić information content (AvgIpc) is 3.42. The normalized spacial score (nSPS) is 29.2. The zero-order valence-corrected chi connectivity index (χ0v) is 26.7. The van der Waals surface area contributed by atoms with E-state index in [-0.39, 0.29) is 46.3 Å². The molecule has 3 aromatic rings. The summed E-state index contributed by atoms with van der Waals surface area (Å²) >= 11 is 14.3. The van der Waals surface area contributed by atoms with Crippen molar-refractivity contribution in [3.05, 3.63) is 94.8 Å². The van der Waals surface area contributed by atoms with Crippen molar-refractivity contribution in [2.75, 3.05) is 16.4 Å². The van der Waals surface area contributed by atoms with Crippen LogP contribution < -0.4 is 14.5 Å². The number of phenolic OH excluding ortho intramolecular Hbond substituents is 1. The summed E-state index contributed by atoms with van der Waals surface area (Å²) in [5.41, 5.74) is -1.19. The van der Waals surface area contributed by atoms with E-state index >= 15 is 8.78 Å². The van der Waals surface area contributed by atoms with Gasteiger partial charge in [0, 0.05) is 5.92 Å². The number of ether oxygens (including phenoxy) is 1. The topological polar surface area (TPSA) is 104 Å². The monoisotopic (exact) mass is 720 g/mol. The lowest BCUT2D eigenvalue weighted by Gasteiger charge is -2.50. The molecule has 6 atom stereocenters. The third-order valence-corrected chi connectivity index (χ3v) is 11.3. The molecule has 15 heteroatoms. The summed E-state index contributed by atoms with van der Waals surface area (Å²) in [5, 5.41) is 10.4. The minimum atomic E-state index is -2.69. The van der Waals surface area contributed by atoms with Crippen molar-refractivity contribution in [1.82, 2.24) is 0 Å². The number of halogens is 7. The van der Waals surface area contributed by atoms with Crippen LogP contribution in [0.1, 0.15) is 31.2 Å². The molecule has 4 aliphatic rings. The zero-order valence-electron chi connectivity index (χ0n) is 25.2. The Labute approximate surface area is 284 Å². The highest BCUT2D eigenvalue weighted by Crippen LogP contribution is 2.66. The number of amides is 4. The number of rotatable bonds is 5. The van der Waals surface area contributed by atoms with Gasteiger partial charge in [0.25, 0.3) is 11.8 Å². The van der Waals surface area contributed by atoms with E-state index in [0.717, 1.165) is 4.90 Å². The molecule has 0 radical (unpaired) electrons. The number of para-hydroxylation sites is 1. The number of carbonyl (C=O) groups excluding carboxylic acids is 4. The molecule has 0 spiro atoms. The molecule has 1 N–H and O–H groups in total. The number of fused-ring (bicyclic) bond motifs is 4. The molecule has 2 aliphatic heterocycles. The first-order valence-electron chi connectivity index (χ1n) is 15.1. The summed E-state index contributed by atoms with van der Waals surface area (Å²) in [7, 11) is 0. The third-order valence-electron chi connectivity index (χ3n) is 9.85. The van der Waals surface area contributed by atoms with Crippen LogP contribution in [-0.2, 0) is 19.2 Å². The van der Waals surface area contributed by atoms with Crippen molar-refractivity contribution in [3.63, 3.8) is 0 Å². The van der Waals surface area contributed by atoms with Crippen LogP contribution in [0.4, 0.5) is 33.3 Å². The van der Waals surface area contributed by atoms with Crippen LogP contribution in [0, 0.1) is 46.8 Å². The number of hydrogen-bond acceptors (Lipinski definition) is 6. The maximum Gasteiger partial charge on any atom is 0.258 e. The van der Waals surface area contributed by atoms with Gasteiger partial charge in [0.15, 0.2) is 44.5 Å². The number of anilines is 2. The van der Waals surface area contributed by atoms with Crippen molar-refractivity contribution in [3.8, 4) is 11.5 Å². The van der Waals surface area contributed by atoms with E-state index in [1.54, 1.807) is 43.3 Å². The van der Waals surface area contributed by atoms with E-state index in [1.165, 1.54) is 18.2 Å². The second-order valence-corrected chi connectivity index (χ2v) is 13.4. The average molecular weight is 721 g/mol. The summed E-state index contributed by atoms with van der Waals surface area (Å²) in [6.45, 7) is 1.71. The van der Waals surface area contributed by atoms with Gasteiger partial charge in [0.2, 0.25) is 17.6 Å². The smallest absolute Gasteiger partial charge is 0.258 e. The second kappa shape index (κ2) is 11.3. The maximum absolute atomic E-state index is 15.2. The molecule has 7 rings (SSSR count). The number of nitrogens with zero attached hydrogens (tertiary/aromatic N) is 2. The number of imide groups is 2. The highest BCUT2D eigenvalue weighted by atomic mass is 35.5. The predicted octanol–water partition coefficient (Wildman–Crippen LogP) is 6.25. The van der Waals surface area contributed by atoms with Crippen LogP contribution in [0.2, 0.25) is 0 Å². The van der Waals surface area contributed by atoms with Crippen molar-refractivity contribution < 1.29 is 51.0 Å². The van der Waals surface area contributed by atoms with Crippen LogP contribution in [0.15, 0.2) is 60.2 Å². The van der Waals surface area contributed by atoms with Gasteiger partial charge in [-0.3, -0.25) is 24.1 Å². The Morgan fingerprint density at radius 3 is 2.10 bits per heavy atom. The molecule has 49 heavy (non-hydrogen) atoms. The van der Waals surface area contributed by atoms with Crippen molar-refractivity contribution >= 4 is 58.2 Å². The lowest BCUT2D eigenvalue weighted by molar-refractivity contribution is -0.125. The standard InChI is InChI=1S/C34H23Cl2F5N2O6/c1-2-49-20-12-14(8-11-19(20)44)22-16-9-10-17-21(30(46)42(29(17)45)15-6-4-3-5-7-15)18(16)13-33(35)31(47)43(32(48)34(22,33)36)28-26(40)24(38)23(37)25(39)27(28)41/h3-9,11-12,17-18,21-22,44H,2,10,13H2,1H3. The summed E-state index contributed by atoms with van der Waals surface area (Å²) in [6, 6.07) is 11.9. The van der Waals surface area contributed by atoms with Gasteiger partial charge in [0.1, 0.15) is 5.69 Å². The molecule has 6 unspecified atom stereocenters. The SMILES string of the molecule is CCOc1cc(C2C3=CCC4C(=O)N(c5ccccc5)C(=O)C4C3CC3(Cl)C(=O)N(c4c(F)c(F)c(F)c(F)c4F)C(=O)C23Cl)ccc1O. The number of aromatic hydroxyl groups is 1. The van der Waals surface area contributed by atoms with Gasteiger partial charge in [0.05, 0.1) is 24.1 Å². The molecule has 2 heterocycles. The summed E-state index contributed by atoms with van der Waals surface area (Å²) in [5.74, 6) is -21.7. The van der Waals surface area contributed by atoms with Crippen LogP contribution in [-0.4, -0.2) is 45.1 Å². The zero-order chi connectivity index (χ0) is 35.3. The highest BCUT2D eigenvalue weighted by Gasteiger charge is 2.77. The Morgan fingerprint density at radius 1 is 0.837 bits per heavy atom. The van der Waals surface area contributed by atoms with E-state index in [1.807, 2.05) is 0 Å². The number of carbonyl (C=O) groups is 4. The van der Waals surface area contributed by atoms with Crippen molar-refractivity contribution in [2.45, 2.75) is 35.4 Å². The molecule has 254 valence electrons. The number of hydrogen-bond donors (Lipinski definition) is 1. The molecule has 4 amide bonds. The molecule has 8 nitrogen and oxygen atoms in total. The number of alkyl halides is 2. The van der Waals surface area contributed by atoms with Crippen molar-refractivity contribution in [1.29, 1.82) is 0 Å². The Kier molecular flexibility index (Phi) is 7.60. The fourth-order valence-electron chi connectivity index (χ4n) is 7.75. The van der Waals surface area contributed by atoms with E-state index < -0.39 is 98.2 Å². The first-order valence-corrected chi connectivity index (χ1v) is 15.8. The van der Waals surface area contributed by atoms with Crippen LogP contribution in [0.3, 0.4) is 0 Å². The second-order valence-electron chi connectivity index (χ2n) is 12.2. The lowest BCUT2D eigenvalue weighted by Crippen LogP contribution is -2.60. The van der Waals surface area contributed by atoms with Gasteiger partial charge in [-0.05, 0) is 55.5 Å². The van der Waals surface area contributed by atoms with Gasteiger partial charge < -0.3 is 9.84 Å². The Balaban J connectivity index is 1.45. The Bertz CT molecular complexity index is 2000. The largest absolute Gasteiger partial charge is 0.504 e. The fourth-order valence-corrected chi connectivity index (χ4v) is 8.69. The molecule has 1 saturated carbocycles.